The number of ether oxygens (including phenoxy) is 1. The van der Waals surface area contributed by atoms with E-state index >= 15 is 0 Å². The number of rotatable bonds is 6. The first kappa shape index (κ1) is 15.4. The highest BCUT2D eigenvalue weighted by atomic mass is 16.5. The summed E-state index contributed by atoms with van der Waals surface area (Å²) in [7, 11) is 0. The fourth-order valence-corrected chi connectivity index (χ4v) is 2.07. The molecule has 1 aromatic carbocycles. The topological polar surface area (TPSA) is 74.3 Å². The van der Waals surface area contributed by atoms with Gasteiger partial charge in [0, 0.05) is 29.6 Å². The van der Waals surface area contributed by atoms with Crippen molar-refractivity contribution in [3.8, 4) is 5.75 Å². The second-order valence-electron chi connectivity index (χ2n) is 5.29. The van der Waals surface area contributed by atoms with Crippen molar-refractivity contribution < 1.29 is 14.6 Å². The second-order valence-corrected chi connectivity index (χ2v) is 5.29. The number of aromatic amines is 1. The van der Waals surface area contributed by atoms with Crippen molar-refractivity contribution in [3.63, 3.8) is 0 Å². The molecule has 5 nitrogen and oxygen atoms in total. The van der Waals surface area contributed by atoms with Gasteiger partial charge < -0.3 is 20.1 Å². The summed E-state index contributed by atoms with van der Waals surface area (Å²) in [5.41, 5.74) is 1.38. The Morgan fingerprint density at radius 3 is 2.81 bits per heavy atom. The minimum atomic E-state index is -0.169. The van der Waals surface area contributed by atoms with Crippen molar-refractivity contribution in [2.75, 3.05) is 13.2 Å². The molecule has 3 N–H and O–H groups in total. The van der Waals surface area contributed by atoms with Crippen LogP contribution in [0.5, 0.6) is 5.75 Å². The Labute approximate surface area is 124 Å². The molecule has 2 unspecified atom stereocenters. The van der Waals surface area contributed by atoms with E-state index in [1.54, 1.807) is 0 Å². The monoisotopic (exact) mass is 290 g/mol. The van der Waals surface area contributed by atoms with E-state index < -0.39 is 0 Å². The lowest BCUT2D eigenvalue weighted by Crippen LogP contribution is -2.38. The van der Waals surface area contributed by atoms with E-state index in [4.69, 9.17) is 9.84 Å². The van der Waals surface area contributed by atoms with Crippen molar-refractivity contribution in [2.24, 2.45) is 5.92 Å². The van der Waals surface area contributed by atoms with E-state index in [1.165, 1.54) is 0 Å². The maximum atomic E-state index is 12.2. The molecule has 0 saturated carbocycles. The van der Waals surface area contributed by atoms with E-state index in [1.807, 2.05) is 45.0 Å². The van der Waals surface area contributed by atoms with E-state index in [2.05, 4.69) is 10.3 Å². The summed E-state index contributed by atoms with van der Waals surface area (Å²) in [6.07, 6.45) is 0. The molecule has 0 aliphatic rings. The molecule has 21 heavy (non-hydrogen) atoms. The fraction of sp³-hybridized carbons (Fsp3) is 0.438. The van der Waals surface area contributed by atoms with Crippen LogP contribution in [-0.4, -0.2) is 35.3 Å². The predicted molar refractivity (Wildman–Crippen MR) is 82.6 cm³/mol. The van der Waals surface area contributed by atoms with Crippen LogP contribution in [0.1, 0.15) is 31.3 Å². The van der Waals surface area contributed by atoms with E-state index in [-0.39, 0.29) is 24.5 Å². The van der Waals surface area contributed by atoms with Gasteiger partial charge in [-0.05, 0) is 38.0 Å². The Bertz CT molecular complexity index is 621. The summed E-state index contributed by atoms with van der Waals surface area (Å²) >= 11 is 0. The highest BCUT2D eigenvalue weighted by Crippen LogP contribution is 2.21. The van der Waals surface area contributed by atoms with Crippen molar-refractivity contribution in [1.82, 2.24) is 10.3 Å². The minimum Gasteiger partial charge on any atom is -0.494 e. The first-order valence-electron chi connectivity index (χ1n) is 7.22. The third kappa shape index (κ3) is 3.55. The van der Waals surface area contributed by atoms with Gasteiger partial charge in [0.05, 0.1) is 6.61 Å². The van der Waals surface area contributed by atoms with Crippen molar-refractivity contribution in [1.29, 1.82) is 0 Å². The van der Waals surface area contributed by atoms with Gasteiger partial charge in [0.15, 0.2) is 0 Å². The Morgan fingerprint density at radius 2 is 2.14 bits per heavy atom. The number of amides is 1. The van der Waals surface area contributed by atoms with Gasteiger partial charge in [-0.2, -0.15) is 0 Å². The van der Waals surface area contributed by atoms with E-state index in [0.717, 1.165) is 16.7 Å². The van der Waals surface area contributed by atoms with Crippen LogP contribution in [0.2, 0.25) is 0 Å². The number of H-pyrrole nitrogens is 1. The number of nitrogens with one attached hydrogen (secondary N) is 2. The van der Waals surface area contributed by atoms with E-state index in [0.29, 0.717) is 12.3 Å². The zero-order valence-corrected chi connectivity index (χ0v) is 12.6. The first-order chi connectivity index (χ1) is 10.0. The number of benzene rings is 1. The number of aliphatic hydroxyl groups is 1. The summed E-state index contributed by atoms with van der Waals surface area (Å²) in [6, 6.07) is 7.42. The van der Waals surface area contributed by atoms with Crippen LogP contribution in [0, 0.1) is 5.92 Å². The molecule has 0 saturated heterocycles. The van der Waals surface area contributed by atoms with Gasteiger partial charge in [0.1, 0.15) is 11.4 Å². The zero-order valence-electron chi connectivity index (χ0n) is 12.6. The Balaban J connectivity index is 2.16. The van der Waals surface area contributed by atoms with Crippen molar-refractivity contribution in [3.05, 3.63) is 30.0 Å². The molecule has 5 heteroatoms. The number of hydrogen-bond acceptors (Lipinski definition) is 3. The Kier molecular flexibility index (Phi) is 4.85. The SMILES string of the molecule is CCOc1ccc2cc(C(=O)NC(C)C(C)CO)[nH]c2c1. The van der Waals surface area contributed by atoms with Crippen LogP contribution in [0.15, 0.2) is 24.3 Å². The van der Waals surface area contributed by atoms with Crippen LogP contribution >= 0.6 is 0 Å². The number of carbonyl (C=O) groups excluding carboxylic acids is 1. The quantitative estimate of drug-likeness (QED) is 0.764. The molecule has 0 spiro atoms. The van der Waals surface area contributed by atoms with Crippen LogP contribution in [0.3, 0.4) is 0 Å². The average Bonchev–Trinajstić information content (AvgIpc) is 2.90. The summed E-state index contributed by atoms with van der Waals surface area (Å²) in [5.74, 6) is 0.626. The van der Waals surface area contributed by atoms with Gasteiger partial charge in [-0.25, -0.2) is 0 Å². The average molecular weight is 290 g/mol. The van der Waals surface area contributed by atoms with Gasteiger partial charge >= 0.3 is 0 Å². The van der Waals surface area contributed by atoms with Gasteiger partial charge in [-0.3, -0.25) is 4.79 Å². The molecule has 114 valence electrons. The molecule has 0 bridgehead atoms. The highest BCUT2D eigenvalue weighted by Gasteiger charge is 2.16. The molecule has 0 fully saturated rings. The molecule has 1 heterocycles. The first-order valence-corrected chi connectivity index (χ1v) is 7.22. The van der Waals surface area contributed by atoms with Crippen LogP contribution < -0.4 is 10.1 Å². The minimum absolute atomic E-state index is 0.0166. The summed E-state index contributed by atoms with van der Waals surface area (Å²) in [5, 5.41) is 13.0. The number of fused-ring (bicyclic) bond motifs is 1. The summed E-state index contributed by atoms with van der Waals surface area (Å²) < 4.78 is 5.45. The van der Waals surface area contributed by atoms with Gasteiger partial charge in [0.25, 0.3) is 5.91 Å². The van der Waals surface area contributed by atoms with Crippen LogP contribution in [0.4, 0.5) is 0 Å². The molecule has 2 atom stereocenters. The predicted octanol–water partition coefficient (Wildman–Crippen LogP) is 2.31. The van der Waals surface area contributed by atoms with Crippen LogP contribution in [0.25, 0.3) is 10.9 Å². The normalized spacial score (nSPS) is 13.9. The van der Waals surface area contributed by atoms with Crippen molar-refractivity contribution >= 4 is 16.8 Å². The molecular formula is C16H22N2O3. The third-order valence-electron chi connectivity index (χ3n) is 3.65. The van der Waals surface area contributed by atoms with Gasteiger partial charge in [-0.15, -0.1) is 0 Å². The number of carbonyl (C=O) groups is 1. The Morgan fingerprint density at radius 1 is 1.38 bits per heavy atom. The molecule has 2 aromatic rings. The smallest absolute Gasteiger partial charge is 0.267 e. The second kappa shape index (κ2) is 6.63. The van der Waals surface area contributed by atoms with Crippen LogP contribution in [-0.2, 0) is 0 Å². The maximum absolute atomic E-state index is 12.2. The summed E-state index contributed by atoms with van der Waals surface area (Å²) in [4.78, 5) is 15.3. The van der Waals surface area contributed by atoms with E-state index in [9.17, 15) is 4.79 Å². The van der Waals surface area contributed by atoms with Crippen molar-refractivity contribution in [2.45, 2.75) is 26.8 Å². The standard InChI is InChI=1S/C16H22N2O3/c1-4-21-13-6-5-12-7-15(18-14(12)8-13)16(20)17-11(3)10(2)9-19/h5-8,10-11,18-19H,4,9H2,1-3H3,(H,17,20). The molecule has 1 aromatic heterocycles. The Hall–Kier alpha value is -2.01. The summed E-state index contributed by atoms with van der Waals surface area (Å²) in [6.45, 7) is 6.36. The lowest BCUT2D eigenvalue weighted by molar-refractivity contribution is 0.0912. The molecule has 1 amide bonds. The molecule has 0 radical (unpaired) electrons. The molecule has 2 rings (SSSR count). The zero-order chi connectivity index (χ0) is 15.4. The highest BCUT2D eigenvalue weighted by molar-refractivity contribution is 5.98. The number of hydrogen-bond donors (Lipinski definition) is 3. The lowest BCUT2D eigenvalue weighted by Gasteiger charge is -2.18. The molecule has 0 aliphatic heterocycles. The molecular weight excluding hydrogens is 268 g/mol. The molecule has 0 aliphatic carbocycles. The van der Waals surface area contributed by atoms with Gasteiger partial charge in [0.2, 0.25) is 0 Å². The van der Waals surface area contributed by atoms with Gasteiger partial charge in [-0.1, -0.05) is 6.92 Å². The maximum Gasteiger partial charge on any atom is 0.267 e. The fourth-order valence-electron chi connectivity index (χ4n) is 2.07. The lowest BCUT2D eigenvalue weighted by atomic mass is 10.1. The largest absolute Gasteiger partial charge is 0.494 e. The number of aromatic nitrogens is 1. The number of aliphatic hydroxyl groups excluding tert-OH is 1. The third-order valence-corrected chi connectivity index (χ3v) is 3.65.